The molecule has 2 aromatic heterocycles. The van der Waals surface area contributed by atoms with Gasteiger partial charge in [-0.05, 0) is 62.2 Å². The normalized spacial score (nSPS) is 17.6. The number of furan rings is 1. The van der Waals surface area contributed by atoms with Gasteiger partial charge in [-0.1, -0.05) is 29.5 Å². The van der Waals surface area contributed by atoms with Crippen LogP contribution in [0.5, 0.6) is 5.75 Å². The van der Waals surface area contributed by atoms with E-state index in [2.05, 4.69) is 0 Å². The number of benzene rings is 2. The van der Waals surface area contributed by atoms with Crippen LogP contribution in [-0.4, -0.2) is 28.9 Å². The molecule has 34 heavy (non-hydrogen) atoms. The first-order valence-corrected chi connectivity index (χ1v) is 11.5. The minimum atomic E-state index is -0.957. The average molecular weight is 475 g/mol. The van der Waals surface area contributed by atoms with Crippen LogP contribution in [0.4, 0.5) is 5.13 Å². The largest absolute Gasteiger partial charge is 0.507 e. The van der Waals surface area contributed by atoms with Crippen molar-refractivity contribution in [1.29, 1.82) is 0 Å². The van der Waals surface area contributed by atoms with Crippen LogP contribution in [0.2, 0.25) is 0 Å². The highest BCUT2D eigenvalue weighted by molar-refractivity contribution is 7.22. The predicted molar refractivity (Wildman–Crippen MR) is 130 cm³/mol. The monoisotopic (exact) mass is 474 g/mol. The van der Waals surface area contributed by atoms with Gasteiger partial charge in [0, 0.05) is 5.56 Å². The molecule has 5 rings (SSSR count). The molecule has 1 saturated heterocycles. The van der Waals surface area contributed by atoms with Crippen molar-refractivity contribution >= 4 is 44.1 Å². The Bertz CT molecular complexity index is 1500. The van der Waals surface area contributed by atoms with Gasteiger partial charge in [-0.3, -0.25) is 14.5 Å². The average Bonchev–Trinajstić information content (AvgIpc) is 3.50. The lowest BCUT2D eigenvalue weighted by molar-refractivity contribution is -0.132. The van der Waals surface area contributed by atoms with Crippen molar-refractivity contribution in [3.05, 3.63) is 82.3 Å². The zero-order valence-corrected chi connectivity index (χ0v) is 19.9. The molecule has 1 aliphatic heterocycles. The van der Waals surface area contributed by atoms with Crippen molar-refractivity contribution < 1.29 is 23.8 Å². The zero-order chi connectivity index (χ0) is 24.1. The summed E-state index contributed by atoms with van der Waals surface area (Å²) in [5, 5.41) is 11.6. The molecule has 1 atom stereocenters. The first-order chi connectivity index (χ1) is 16.3. The summed E-state index contributed by atoms with van der Waals surface area (Å²) in [5.74, 6) is -0.359. The minimum Gasteiger partial charge on any atom is -0.507 e. The van der Waals surface area contributed by atoms with Crippen LogP contribution in [0, 0.1) is 20.8 Å². The summed E-state index contributed by atoms with van der Waals surface area (Å²) in [5.41, 5.74) is 3.14. The molecule has 4 aromatic rings. The molecule has 0 aliphatic carbocycles. The fourth-order valence-electron chi connectivity index (χ4n) is 4.29. The van der Waals surface area contributed by atoms with E-state index in [0.717, 1.165) is 21.3 Å². The number of ether oxygens (including phenoxy) is 1. The van der Waals surface area contributed by atoms with Crippen molar-refractivity contribution in [3.8, 4) is 5.75 Å². The van der Waals surface area contributed by atoms with Crippen molar-refractivity contribution in [1.82, 2.24) is 4.98 Å². The van der Waals surface area contributed by atoms with Crippen LogP contribution in [-0.2, 0) is 9.59 Å². The SMILES string of the molecule is COc1cccc(/C(O)=C2\C(=O)C(=O)N(c3nc4c(C)cc(C)cc4s3)[C@@H]2c2ccc(C)o2)c1. The number of hydrogen-bond acceptors (Lipinski definition) is 7. The number of fused-ring (bicyclic) bond motifs is 1. The Kier molecular flexibility index (Phi) is 5.25. The third-order valence-electron chi connectivity index (χ3n) is 5.84. The number of aliphatic hydroxyl groups excluding tert-OH is 1. The highest BCUT2D eigenvalue weighted by atomic mass is 32.1. The van der Waals surface area contributed by atoms with Crippen LogP contribution in [0.1, 0.15) is 34.3 Å². The van der Waals surface area contributed by atoms with Gasteiger partial charge in [-0.15, -0.1) is 0 Å². The first kappa shape index (κ1) is 21.9. The van der Waals surface area contributed by atoms with Crippen molar-refractivity contribution in [2.75, 3.05) is 12.0 Å². The number of carbonyl (C=O) groups excluding carboxylic acids is 2. The van der Waals surface area contributed by atoms with Gasteiger partial charge in [0.25, 0.3) is 5.78 Å². The molecular weight excluding hydrogens is 452 g/mol. The van der Waals surface area contributed by atoms with Gasteiger partial charge in [0.15, 0.2) is 5.13 Å². The number of rotatable bonds is 4. The van der Waals surface area contributed by atoms with Crippen molar-refractivity contribution in [2.45, 2.75) is 26.8 Å². The highest BCUT2D eigenvalue weighted by Crippen LogP contribution is 2.45. The number of anilines is 1. The zero-order valence-electron chi connectivity index (χ0n) is 19.1. The molecule has 0 saturated carbocycles. The minimum absolute atomic E-state index is 0.0558. The van der Waals surface area contributed by atoms with Gasteiger partial charge >= 0.3 is 5.91 Å². The number of Topliss-reactive ketones (excluding diaryl/α,β-unsaturated/α-hetero) is 1. The third-order valence-corrected chi connectivity index (χ3v) is 6.84. The molecule has 1 N–H and O–H groups in total. The molecule has 0 radical (unpaired) electrons. The van der Waals surface area contributed by atoms with E-state index >= 15 is 0 Å². The molecule has 1 amide bonds. The second kappa shape index (κ2) is 8.14. The lowest BCUT2D eigenvalue weighted by Crippen LogP contribution is -2.29. The molecule has 3 heterocycles. The van der Waals surface area contributed by atoms with E-state index in [0.29, 0.717) is 28.0 Å². The summed E-state index contributed by atoms with van der Waals surface area (Å²) in [4.78, 5) is 32.6. The number of carbonyl (C=O) groups is 2. The third kappa shape index (κ3) is 3.47. The van der Waals surface area contributed by atoms with Crippen molar-refractivity contribution in [2.24, 2.45) is 0 Å². The van der Waals surface area contributed by atoms with Gasteiger partial charge in [0.2, 0.25) is 0 Å². The number of nitrogens with zero attached hydrogens (tertiary/aromatic N) is 2. The Hall–Kier alpha value is -3.91. The van der Waals surface area contributed by atoms with Gasteiger partial charge < -0.3 is 14.3 Å². The number of hydrogen-bond donors (Lipinski definition) is 1. The molecule has 0 bridgehead atoms. The lowest BCUT2D eigenvalue weighted by Gasteiger charge is -2.20. The van der Waals surface area contributed by atoms with Crippen LogP contribution in [0.25, 0.3) is 16.0 Å². The molecule has 1 aliphatic rings. The summed E-state index contributed by atoms with van der Waals surface area (Å²) < 4.78 is 12.0. The molecular formula is C26H22N2O5S. The smallest absolute Gasteiger partial charge is 0.302 e. The number of aromatic nitrogens is 1. The molecule has 8 heteroatoms. The van der Waals surface area contributed by atoms with Crippen molar-refractivity contribution in [3.63, 3.8) is 0 Å². The second-order valence-electron chi connectivity index (χ2n) is 8.27. The van der Waals surface area contributed by atoms with Gasteiger partial charge in [-0.25, -0.2) is 4.98 Å². The molecule has 0 spiro atoms. The van der Waals surface area contributed by atoms with E-state index in [4.69, 9.17) is 14.1 Å². The fraction of sp³-hybridized carbons (Fsp3) is 0.192. The molecule has 7 nitrogen and oxygen atoms in total. The Morgan fingerprint density at radius 1 is 1.12 bits per heavy atom. The second-order valence-corrected chi connectivity index (χ2v) is 9.28. The molecule has 172 valence electrons. The van der Waals surface area contributed by atoms with Crippen LogP contribution in [0.3, 0.4) is 0 Å². The Balaban J connectivity index is 1.73. The van der Waals surface area contributed by atoms with E-state index in [9.17, 15) is 14.7 Å². The Morgan fingerprint density at radius 3 is 2.62 bits per heavy atom. The topological polar surface area (TPSA) is 92.9 Å². The summed E-state index contributed by atoms with van der Waals surface area (Å²) in [6.45, 7) is 5.74. The Labute approximate surface area is 199 Å². The number of methoxy groups -OCH3 is 1. The number of aryl methyl sites for hydroxylation is 3. The lowest BCUT2D eigenvalue weighted by atomic mass is 9.99. The fourth-order valence-corrected chi connectivity index (χ4v) is 5.46. The predicted octanol–water partition coefficient (Wildman–Crippen LogP) is 5.45. The van der Waals surface area contributed by atoms with Crippen LogP contribution >= 0.6 is 11.3 Å². The van der Waals surface area contributed by atoms with E-state index in [1.54, 1.807) is 43.3 Å². The molecule has 0 unspecified atom stereocenters. The van der Waals surface area contributed by atoms with Crippen LogP contribution < -0.4 is 9.64 Å². The maximum atomic E-state index is 13.3. The van der Waals surface area contributed by atoms with E-state index in [-0.39, 0.29) is 11.3 Å². The number of aliphatic hydroxyl groups is 1. The summed E-state index contributed by atoms with van der Waals surface area (Å²) >= 11 is 1.33. The van der Waals surface area contributed by atoms with E-state index < -0.39 is 17.7 Å². The quantitative estimate of drug-likeness (QED) is 0.240. The molecule has 1 fully saturated rings. The summed E-state index contributed by atoms with van der Waals surface area (Å²) in [6, 6.07) is 13.2. The summed E-state index contributed by atoms with van der Waals surface area (Å²) in [7, 11) is 1.51. The van der Waals surface area contributed by atoms with E-state index in [1.165, 1.54) is 23.3 Å². The number of ketones is 1. The first-order valence-electron chi connectivity index (χ1n) is 10.7. The van der Waals surface area contributed by atoms with Gasteiger partial charge in [-0.2, -0.15) is 0 Å². The standard InChI is InChI=1S/C26H22N2O5S/c1-13-10-14(2)21-19(11-13)34-26(27-21)28-22(18-9-8-15(3)33-18)20(24(30)25(28)31)23(29)16-6-5-7-17(12-16)32-4/h5-12,22,29H,1-4H3/b23-20+/t22-/m1/s1. The number of amides is 1. The van der Waals surface area contributed by atoms with Gasteiger partial charge in [0.1, 0.15) is 29.1 Å². The maximum Gasteiger partial charge on any atom is 0.302 e. The molecule has 2 aromatic carbocycles. The maximum absolute atomic E-state index is 13.3. The highest BCUT2D eigenvalue weighted by Gasteiger charge is 2.49. The van der Waals surface area contributed by atoms with E-state index in [1.807, 2.05) is 26.0 Å². The summed E-state index contributed by atoms with van der Waals surface area (Å²) in [6.07, 6.45) is 0. The Morgan fingerprint density at radius 2 is 1.91 bits per heavy atom. The van der Waals surface area contributed by atoms with Crippen LogP contribution in [0.15, 0.2) is 58.5 Å². The number of thiazole rings is 1. The van der Waals surface area contributed by atoms with Gasteiger partial charge in [0.05, 0.1) is 22.9 Å².